The minimum atomic E-state index is 0.542. The molecule has 3 atom stereocenters. The van der Waals surface area contributed by atoms with Crippen LogP contribution in [0.3, 0.4) is 0 Å². The summed E-state index contributed by atoms with van der Waals surface area (Å²) >= 11 is 9.12. The zero-order valence-electron chi connectivity index (χ0n) is 11.3. The number of aromatic amines is 1. The van der Waals surface area contributed by atoms with E-state index in [0.717, 1.165) is 20.7 Å². The van der Waals surface area contributed by atoms with Crippen LogP contribution in [-0.2, 0) is 0 Å². The fourth-order valence-corrected chi connectivity index (χ4v) is 4.28. The van der Waals surface area contributed by atoms with Crippen molar-refractivity contribution in [2.24, 2.45) is 11.8 Å². The van der Waals surface area contributed by atoms with Crippen molar-refractivity contribution in [3.63, 3.8) is 0 Å². The van der Waals surface area contributed by atoms with E-state index in [1.807, 2.05) is 0 Å². The van der Waals surface area contributed by atoms with Crippen molar-refractivity contribution in [2.45, 2.75) is 39.2 Å². The summed E-state index contributed by atoms with van der Waals surface area (Å²) in [4.78, 5) is 3.34. The molecule has 1 saturated carbocycles. The molecule has 1 N–H and O–H groups in total. The van der Waals surface area contributed by atoms with Crippen LogP contribution >= 0.6 is 28.1 Å². The van der Waals surface area contributed by atoms with Crippen molar-refractivity contribution < 1.29 is 0 Å². The maximum Gasteiger partial charge on any atom is 0.178 e. The average Bonchev–Trinajstić information content (AvgIpc) is 2.89. The van der Waals surface area contributed by atoms with Crippen LogP contribution in [0.2, 0.25) is 0 Å². The summed E-state index contributed by atoms with van der Waals surface area (Å²) in [6.45, 7) is 4.68. The average molecular weight is 339 g/mol. The van der Waals surface area contributed by atoms with Crippen molar-refractivity contribution >= 4 is 39.2 Å². The molecule has 2 aromatic rings. The second-order valence-electron chi connectivity index (χ2n) is 5.63. The van der Waals surface area contributed by atoms with Crippen LogP contribution in [0, 0.1) is 16.6 Å². The van der Waals surface area contributed by atoms with E-state index in [0.29, 0.717) is 12.0 Å². The first kappa shape index (κ1) is 13.4. The molecule has 1 aliphatic carbocycles. The molecule has 0 radical (unpaired) electrons. The van der Waals surface area contributed by atoms with Gasteiger partial charge in [-0.2, -0.15) is 0 Å². The minimum Gasteiger partial charge on any atom is -0.331 e. The van der Waals surface area contributed by atoms with E-state index in [1.165, 1.54) is 24.8 Å². The summed E-state index contributed by atoms with van der Waals surface area (Å²) in [7, 11) is 0. The molecular formula is C15H19BrN2S. The normalized spacial score (nSPS) is 27.2. The summed E-state index contributed by atoms with van der Waals surface area (Å²) in [5.74, 6) is 1.54. The first-order valence-electron chi connectivity index (χ1n) is 7.01. The Labute approximate surface area is 127 Å². The van der Waals surface area contributed by atoms with Gasteiger partial charge in [0.2, 0.25) is 0 Å². The van der Waals surface area contributed by atoms with Gasteiger partial charge in [-0.05, 0) is 55.1 Å². The summed E-state index contributed by atoms with van der Waals surface area (Å²) in [5, 5.41) is 0. The monoisotopic (exact) mass is 338 g/mol. The second-order valence-corrected chi connectivity index (χ2v) is 6.94. The van der Waals surface area contributed by atoms with Crippen LogP contribution in [0.1, 0.15) is 39.2 Å². The molecule has 0 amide bonds. The Bertz CT molecular complexity index is 658. The molecule has 3 rings (SSSR count). The van der Waals surface area contributed by atoms with Crippen molar-refractivity contribution in [2.75, 3.05) is 0 Å². The largest absolute Gasteiger partial charge is 0.331 e. The highest BCUT2D eigenvalue weighted by molar-refractivity contribution is 9.10. The Morgan fingerprint density at radius 2 is 2.21 bits per heavy atom. The molecule has 1 aliphatic rings. The Morgan fingerprint density at radius 1 is 1.42 bits per heavy atom. The maximum atomic E-state index is 5.55. The van der Waals surface area contributed by atoms with E-state index in [-0.39, 0.29) is 0 Å². The van der Waals surface area contributed by atoms with Gasteiger partial charge in [-0.3, -0.25) is 0 Å². The topological polar surface area (TPSA) is 20.7 Å². The van der Waals surface area contributed by atoms with Gasteiger partial charge in [0.05, 0.1) is 11.0 Å². The number of nitrogens with zero attached hydrogens (tertiary/aromatic N) is 1. The number of aromatic nitrogens is 2. The SMILES string of the molecule is CCC1CCC(n2c(=S)[nH]c3ccc(Br)cc32)C1C. The van der Waals surface area contributed by atoms with Crippen molar-refractivity contribution in [1.82, 2.24) is 9.55 Å². The lowest BCUT2D eigenvalue weighted by molar-refractivity contribution is 0.332. The lowest BCUT2D eigenvalue weighted by Crippen LogP contribution is -2.15. The highest BCUT2D eigenvalue weighted by atomic mass is 79.9. The highest BCUT2D eigenvalue weighted by Crippen LogP contribution is 2.43. The quantitative estimate of drug-likeness (QED) is 0.721. The molecule has 4 heteroatoms. The summed E-state index contributed by atoms with van der Waals surface area (Å²) in [5.41, 5.74) is 2.37. The fourth-order valence-electron chi connectivity index (χ4n) is 3.59. The Balaban J connectivity index is 2.12. The predicted octanol–water partition coefficient (Wildman–Crippen LogP) is 5.46. The van der Waals surface area contributed by atoms with Gasteiger partial charge in [0, 0.05) is 10.5 Å². The maximum absolute atomic E-state index is 5.55. The lowest BCUT2D eigenvalue weighted by atomic mass is 9.93. The molecule has 1 aromatic carbocycles. The summed E-state index contributed by atoms with van der Waals surface area (Å²) in [6.07, 6.45) is 3.84. The third-order valence-corrected chi connectivity index (χ3v) is 5.51. The van der Waals surface area contributed by atoms with Gasteiger partial charge in [0.15, 0.2) is 4.77 Å². The predicted molar refractivity (Wildman–Crippen MR) is 86.0 cm³/mol. The van der Waals surface area contributed by atoms with Gasteiger partial charge in [0.1, 0.15) is 0 Å². The molecule has 0 aliphatic heterocycles. The first-order chi connectivity index (χ1) is 9.11. The third kappa shape index (κ3) is 2.19. The van der Waals surface area contributed by atoms with E-state index in [1.54, 1.807) is 0 Å². The lowest BCUT2D eigenvalue weighted by Gasteiger charge is -2.21. The Hall–Kier alpha value is -0.610. The van der Waals surface area contributed by atoms with Crippen LogP contribution in [0.5, 0.6) is 0 Å². The van der Waals surface area contributed by atoms with Crippen LogP contribution in [0.25, 0.3) is 11.0 Å². The van der Waals surface area contributed by atoms with Crippen molar-refractivity contribution in [1.29, 1.82) is 0 Å². The van der Waals surface area contributed by atoms with E-state index < -0.39 is 0 Å². The zero-order valence-corrected chi connectivity index (χ0v) is 13.7. The van der Waals surface area contributed by atoms with Gasteiger partial charge in [-0.25, -0.2) is 0 Å². The van der Waals surface area contributed by atoms with E-state index in [2.05, 4.69) is 57.5 Å². The molecule has 1 heterocycles. The third-order valence-electron chi connectivity index (χ3n) is 4.72. The molecule has 102 valence electrons. The molecule has 2 nitrogen and oxygen atoms in total. The smallest absolute Gasteiger partial charge is 0.178 e. The summed E-state index contributed by atoms with van der Waals surface area (Å²) in [6, 6.07) is 6.88. The summed E-state index contributed by atoms with van der Waals surface area (Å²) < 4.78 is 4.32. The zero-order chi connectivity index (χ0) is 13.6. The number of hydrogen-bond donors (Lipinski definition) is 1. The van der Waals surface area contributed by atoms with E-state index >= 15 is 0 Å². The number of nitrogens with one attached hydrogen (secondary N) is 1. The van der Waals surface area contributed by atoms with Crippen LogP contribution < -0.4 is 0 Å². The van der Waals surface area contributed by atoms with Gasteiger partial charge >= 0.3 is 0 Å². The first-order valence-corrected chi connectivity index (χ1v) is 8.21. The number of hydrogen-bond acceptors (Lipinski definition) is 1. The second kappa shape index (κ2) is 5.06. The highest BCUT2D eigenvalue weighted by Gasteiger charge is 2.33. The molecular weight excluding hydrogens is 320 g/mol. The number of halogens is 1. The standard InChI is InChI=1S/C15H19BrN2S/c1-3-10-4-7-13(9(10)2)18-14-8-11(16)5-6-12(14)17-15(18)19/h5-6,8-10,13H,3-4,7H2,1-2H3,(H,17,19). The molecule has 1 fully saturated rings. The molecule has 0 bridgehead atoms. The van der Waals surface area contributed by atoms with Gasteiger partial charge < -0.3 is 9.55 Å². The van der Waals surface area contributed by atoms with Gasteiger partial charge in [-0.1, -0.05) is 36.2 Å². The van der Waals surface area contributed by atoms with Crippen LogP contribution in [0.4, 0.5) is 0 Å². The molecule has 0 saturated heterocycles. The number of H-pyrrole nitrogens is 1. The molecule has 1 aromatic heterocycles. The Morgan fingerprint density at radius 3 is 2.89 bits per heavy atom. The minimum absolute atomic E-state index is 0.542. The number of benzene rings is 1. The van der Waals surface area contributed by atoms with E-state index in [4.69, 9.17) is 12.2 Å². The molecule has 19 heavy (non-hydrogen) atoms. The van der Waals surface area contributed by atoms with E-state index in [9.17, 15) is 0 Å². The Kier molecular flexibility index (Phi) is 3.56. The number of rotatable bonds is 2. The van der Waals surface area contributed by atoms with Crippen LogP contribution in [0.15, 0.2) is 22.7 Å². The fraction of sp³-hybridized carbons (Fsp3) is 0.533. The number of imidazole rings is 1. The van der Waals surface area contributed by atoms with Crippen molar-refractivity contribution in [3.05, 3.63) is 27.4 Å². The van der Waals surface area contributed by atoms with Crippen LogP contribution in [-0.4, -0.2) is 9.55 Å². The van der Waals surface area contributed by atoms with Gasteiger partial charge in [-0.15, -0.1) is 0 Å². The van der Waals surface area contributed by atoms with Gasteiger partial charge in [0.25, 0.3) is 0 Å². The molecule has 0 spiro atoms. The van der Waals surface area contributed by atoms with Crippen molar-refractivity contribution in [3.8, 4) is 0 Å². The number of fused-ring (bicyclic) bond motifs is 1. The molecule has 3 unspecified atom stereocenters.